The first kappa shape index (κ1) is 11.0. The van der Waals surface area contributed by atoms with Gasteiger partial charge in [-0.25, -0.2) is 0 Å². The van der Waals surface area contributed by atoms with Crippen molar-refractivity contribution >= 4 is 27.8 Å². The molecule has 0 fully saturated rings. The van der Waals surface area contributed by atoms with E-state index in [1.807, 2.05) is 31.3 Å². The molecule has 0 atom stereocenters. The number of benzene rings is 1. The van der Waals surface area contributed by atoms with Crippen LogP contribution in [0.1, 0.15) is 10.6 Å². The summed E-state index contributed by atoms with van der Waals surface area (Å²) in [5.41, 5.74) is 2.59. The minimum absolute atomic E-state index is 0.186. The van der Waals surface area contributed by atoms with Gasteiger partial charge in [0.05, 0.1) is 29.0 Å². The van der Waals surface area contributed by atoms with Gasteiger partial charge in [-0.2, -0.15) is 5.10 Å². The molecule has 5 nitrogen and oxygen atoms in total. The Morgan fingerprint density at radius 2 is 2.00 bits per heavy atom. The molecule has 3 heterocycles. The normalized spacial score (nSPS) is 11.4. The maximum atomic E-state index is 12.6. The Balaban J connectivity index is 2.13. The smallest absolute Gasteiger partial charge is 0.298 e. The summed E-state index contributed by atoms with van der Waals surface area (Å²) in [7, 11) is 1.87. The lowest BCUT2D eigenvalue weighted by molar-refractivity contribution is 0.0942. The standard InChI is InChI=1S/C15H11N3O2/c1-17-14-10-5-2-3-6-11(10)18(12(14)9-16-17)15(19)13-7-4-8-20-13/h2-9H,1H3. The molecule has 0 aliphatic rings. The molecule has 1 aromatic carbocycles. The summed E-state index contributed by atoms with van der Waals surface area (Å²) in [4.78, 5) is 12.6. The number of nitrogens with zero attached hydrogens (tertiary/aromatic N) is 3. The van der Waals surface area contributed by atoms with E-state index in [0.29, 0.717) is 5.76 Å². The minimum Gasteiger partial charge on any atom is -0.459 e. The van der Waals surface area contributed by atoms with Crippen molar-refractivity contribution in [3.8, 4) is 0 Å². The van der Waals surface area contributed by atoms with Gasteiger partial charge in [-0.05, 0) is 18.2 Å². The Labute approximate surface area is 114 Å². The van der Waals surface area contributed by atoms with Crippen molar-refractivity contribution in [2.75, 3.05) is 0 Å². The number of furan rings is 1. The average Bonchev–Trinajstić information content (AvgIpc) is 3.15. The van der Waals surface area contributed by atoms with Crippen molar-refractivity contribution in [2.24, 2.45) is 7.05 Å². The third kappa shape index (κ3) is 1.31. The number of hydrogen-bond donors (Lipinski definition) is 0. The van der Waals surface area contributed by atoms with Crippen molar-refractivity contribution in [3.63, 3.8) is 0 Å². The van der Waals surface area contributed by atoms with Gasteiger partial charge in [-0.1, -0.05) is 18.2 Å². The fourth-order valence-corrected chi connectivity index (χ4v) is 2.63. The lowest BCUT2D eigenvalue weighted by atomic mass is 10.2. The second-order valence-corrected chi connectivity index (χ2v) is 4.64. The van der Waals surface area contributed by atoms with Gasteiger partial charge in [-0.15, -0.1) is 0 Å². The molecular weight excluding hydrogens is 254 g/mol. The molecule has 3 aromatic heterocycles. The summed E-state index contributed by atoms with van der Waals surface area (Å²) in [6.07, 6.45) is 3.20. The van der Waals surface area contributed by atoms with Crippen LogP contribution in [0.3, 0.4) is 0 Å². The monoisotopic (exact) mass is 265 g/mol. The Kier molecular flexibility index (Phi) is 2.12. The van der Waals surface area contributed by atoms with Gasteiger partial charge in [0, 0.05) is 12.4 Å². The van der Waals surface area contributed by atoms with Crippen LogP contribution in [0, 0.1) is 0 Å². The molecule has 0 N–H and O–H groups in total. The van der Waals surface area contributed by atoms with Crippen LogP contribution in [0.25, 0.3) is 21.9 Å². The minimum atomic E-state index is -0.186. The average molecular weight is 265 g/mol. The molecule has 98 valence electrons. The van der Waals surface area contributed by atoms with Gasteiger partial charge < -0.3 is 4.42 Å². The van der Waals surface area contributed by atoms with Crippen LogP contribution in [0.5, 0.6) is 0 Å². The van der Waals surface area contributed by atoms with Crippen molar-refractivity contribution in [1.82, 2.24) is 14.3 Å². The lowest BCUT2D eigenvalue weighted by Crippen LogP contribution is -2.10. The van der Waals surface area contributed by atoms with E-state index in [0.717, 1.165) is 21.9 Å². The molecular formula is C15H11N3O2. The molecule has 0 unspecified atom stereocenters. The number of carbonyl (C=O) groups excluding carboxylic acids is 1. The summed E-state index contributed by atoms with van der Waals surface area (Å²) in [5.74, 6) is 0.130. The number of carbonyl (C=O) groups is 1. The predicted octanol–water partition coefficient (Wildman–Crippen LogP) is 2.81. The predicted molar refractivity (Wildman–Crippen MR) is 74.6 cm³/mol. The Morgan fingerprint density at radius 3 is 2.80 bits per heavy atom. The number of aryl methyl sites for hydroxylation is 1. The molecule has 0 amide bonds. The van der Waals surface area contributed by atoms with Crippen LogP contribution in [0.15, 0.2) is 53.3 Å². The lowest BCUT2D eigenvalue weighted by Gasteiger charge is -2.01. The number of aromatic nitrogens is 3. The quantitative estimate of drug-likeness (QED) is 0.531. The summed E-state index contributed by atoms with van der Waals surface area (Å²) in [5, 5.41) is 5.25. The van der Waals surface area contributed by atoms with Gasteiger partial charge in [-0.3, -0.25) is 14.0 Å². The zero-order chi connectivity index (χ0) is 13.7. The molecule has 4 rings (SSSR count). The molecule has 0 bridgehead atoms. The summed E-state index contributed by atoms with van der Waals surface area (Å²) < 4.78 is 8.66. The fourth-order valence-electron chi connectivity index (χ4n) is 2.63. The molecule has 4 aromatic rings. The van der Waals surface area contributed by atoms with Crippen LogP contribution in [0.4, 0.5) is 0 Å². The van der Waals surface area contributed by atoms with E-state index in [9.17, 15) is 4.79 Å². The third-order valence-electron chi connectivity index (χ3n) is 3.50. The zero-order valence-corrected chi connectivity index (χ0v) is 10.8. The van der Waals surface area contributed by atoms with Crippen molar-refractivity contribution in [1.29, 1.82) is 0 Å². The van der Waals surface area contributed by atoms with Crippen LogP contribution in [-0.4, -0.2) is 20.3 Å². The maximum absolute atomic E-state index is 12.6. The second-order valence-electron chi connectivity index (χ2n) is 4.64. The fraction of sp³-hybridized carbons (Fsp3) is 0.0667. The van der Waals surface area contributed by atoms with E-state index in [1.54, 1.807) is 27.6 Å². The highest BCUT2D eigenvalue weighted by atomic mass is 16.3. The van der Waals surface area contributed by atoms with Crippen molar-refractivity contribution < 1.29 is 9.21 Å². The molecule has 0 radical (unpaired) electrons. The van der Waals surface area contributed by atoms with E-state index in [4.69, 9.17) is 4.42 Å². The summed E-state index contributed by atoms with van der Waals surface area (Å²) in [6.45, 7) is 0. The topological polar surface area (TPSA) is 53.0 Å². The van der Waals surface area contributed by atoms with Gasteiger partial charge in [0.15, 0.2) is 5.76 Å². The van der Waals surface area contributed by atoms with Crippen LogP contribution < -0.4 is 0 Å². The largest absolute Gasteiger partial charge is 0.459 e. The first-order valence-electron chi connectivity index (χ1n) is 6.27. The number of fused-ring (bicyclic) bond motifs is 3. The van der Waals surface area contributed by atoms with E-state index >= 15 is 0 Å². The molecule has 0 saturated carbocycles. The Morgan fingerprint density at radius 1 is 1.15 bits per heavy atom. The Hall–Kier alpha value is -2.82. The van der Waals surface area contributed by atoms with Crippen LogP contribution >= 0.6 is 0 Å². The SMILES string of the molecule is Cn1ncc2c1c1ccccc1n2C(=O)c1ccco1. The van der Waals surface area contributed by atoms with E-state index in [1.165, 1.54) is 6.26 Å². The van der Waals surface area contributed by atoms with E-state index < -0.39 is 0 Å². The molecule has 0 aliphatic heterocycles. The molecule has 20 heavy (non-hydrogen) atoms. The second kappa shape index (κ2) is 3.84. The summed E-state index contributed by atoms with van der Waals surface area (Å²) in [6, 6.07) is 11.2. The number of hydrogen-bond acceptors (Lipinski definition) is 3. The Bertz CT molecular complexity index is 929. The van der Waals surface area contributed by atoms with Gasteiger partial charge in [0.2, 0.25) is 0 Å². The molecule has 0 saturated heterocycles. The number of rotatable bonds is 1. The van der Waals surface area contributed by atoms with Gasteiger partial charge in [0.1, 0.15) is 0 Å². The van der Waals surface area contributed by atoms with Gasteiger partial charge in [0.25, 0.3) is 5.91 Å². The third-order valence-corrected chi connectivity index (χ3v) is 3.50. The highest BCUT2D eigenvalue weighted by molar-refractivity contribution is 6.14. The number of para-hydroxylation sites is 1. The molecule has 0 aliphatic carbocycles. The highest BCUT2D eigenvalue weighted by Crippen LogP contribution is 2.29. The molecule has 5 heteroatoms. The summed E-state index contributed by atoms with van der Waals surface area (Å²) >= 11 is 0. The molecule has 0 spiro atoms. The zero-order valence-electron chi connectivity index (χ0n) is 10.8. The highest BCUT2D eigenvalue weighted by Gasteiger charge is 2.20. The van der Waals surface area contributed by atoms with Gasteiger partial charge >= 0.3 is 0 Å². The van der Waals surface area contributed by atoms with Crippen molar-refractivity contribution in [3.05, 3.63) is 54.6 Å². The van der Waals surface area contributed by atoms with E-state index in [2.05, 4.69) is 5.10 Å². The van der Waals surface area contributed by atoms with Crippen LogP contribution in [0.2, 0.25) is 0 Å². The van der Waals surface area contributed by atoms with E-state index in [-0.39, 0.29) is 5.91 Å². The van der Waals surface area contributed by atoms with Crippen LogP contribution in [-0.2, 0) is 7.05 Å². The first-order valence-corrected chi connectivity index (χ1v) is 6.27. The van der Waals surface area contributed by atoms with Crippen molar-refractivity contribution in [2.45, 2.75) is 0 Å². The first-order chi connectivity index (χ1) is 9.77. The maximum Gasteiger partial charge on any atom is 0.298 e.